The molecule has 5 heteroatoms. The molecule has 1 aromatic carbocycles. The summed E-state index contributed by atoms with van der Waals surface area (Å²) in [6, 6.07) is 7.47. The van der Waals surface area contributed by atoms with Crippen LogP contribution in [0.25, 0.3) is 0 Å². The molecule has 1 N–H and O–H groups in total. The molecular weight excluding hydrogens is 282 g/mol. The second-order valence-corrected chi connectivity index (χ2v) is 4.90. The van der Waals surface area contributed by atoms with E-state index in [0.29, 0.717) is 17.0 Å². The minimum atomic E-state index is -0.835. The summed E-state index contributed by atoms with van der Waals surface area (Å²) in [5, 5.41) is 3.85. The minimum absolute atomic E-state index is 0.0675. The van der Waals surface area contributed by atoms with Gasteiger partial charge in [-0.1, -0.05) is 24.6 Å². The second kappa shape index (κ2) is 6.77. The first-order chi connectivity index (χ1) is 9.60. The Kier molecular flexibility index (Phi) is 5.04. The average molecular weight is 297 g/mol. The van der Waals surface area contributed by atoms with E-state index < -0.39 is 11.6 Å². The number of benzene rings is 1. The molecule has 2 nitrogen and oxygen atoms in total. The van der Waals surface area contributed by atoms with Crippen LogP contribution in [0, 0.1) is 11.6 Å². The van der Waals surface area contributed by atoms with Crippen molar-refractivity contribution in [1.29, 1.82) is 0 Å². The third-order valence-corrected chi connectivity index (χ3v) is 3.21. The molecule has 0 bridgehead atoms. The minimum Gasteiger partial charge on any atom is -0.309 e. The van der Waals surface area contributed by atoms with Crippen LogP contribution in [0.4, 0.5) is 8.78 Å². The lowest BCUT2D eigenvalue weighted by atomic mass is 10.0. The normalized spacial score (nSPS) is 12.4. The van der Waals surface area contributed by atoms with Crippen molar-refractivity contribution in [3.63, 3.8) is 0 Å². The van der Waals surface area contributed by atoms with Gasteiger partial charge in [-0.3, -0.25) is 4.98 Å². The molecule has 2 rings (SSSR count). The third kappa shape index (κ3) is 3.74. The molecule has 106 valence electrons. The van der Waals surface area contributed by atoms with E-state index in [0.717, 1.165) is 18.3 Å². The summed E-state index contributed by atoms with van der Waals surface area (Å²) in [5.74, 6) is -1.67. The van der Waals surface area contributed by atoms with Gasteiger partial charge < -0.3 is 5.32 Å². The maximum atomic E-state index is 13.2. The van der Waals surface area contributed by atoms with E-state index in [1.54, 1.807) is 18.3 Å². The van der Waals surface area contributed by atoms with E-state index in [-0.39, 0.29) is 6.04 Å². The van der Waals surface area contributed by atoms with Crippen LogP contribution >= 0.6 is 11.6 Å². The van der Waals surface area contributed by atoms with Crippen molar-refractivity contribution in [2.24, 2.45) is 0 Å². The van der Waals surface area contributed by atoms with Gasteiger partial charge in [0.15, 0.2) is 11.6 Å². The maximum absolute atomic E-state index is 13.2. The lowest BCUT2D eigenvalue weighted by Crippen LogP contribution is -2.23. The molecule has 0 aliphatic heterocycles. The van der Waals surface area contributed by atoms with Crippen LogP contribution in [0.2, 0.25) is 5.02 Å². The molecule has 0 spiro atoms. The summed E-state index contributed by atoms with van der Waals surface area (Å²) in [6.07, 6.45) is 2.10. The van der Waals surface area contributed by atoms with Gasteiger partial charge in [-0.05, 0) is 42.8 Å². The van der Waals surface area contributed by atoms with Crippen molar-refractivity contribution in [3.05, 3.63) is 64.4 Å². The Balaban J connectivity index is 2.20. The molecule has 1 heterocycles. The summed E-state index contributed by atoms with van der Waals surface area (Å²) in [6.45, 7) is 2.73. The highest BCUT2D eigenvalue weighted by Gasteiger charge is 2.14. The monoisotopic (exact) mass is 296 g/mol. The molecule has 1 atom stereocenters. The van der Waals surface area contributed by atoms with E-state index >= 15 is 0 Å². The van der Waals surface area contributed by atoms with Crippen LogP contribution in [0.5, 0.6) is 0 Å². The number of halogens is 3. The van der Waals surface area contributed by atoms with Crippen molar-refractivity contribution >= 4 is 11.6 Å². The molecule has 1 unspecified atom stereocenters. The topological polar surface area (TPSA) is 24.9 Å². The van der Waals surface area contributed by atoms with Crippen LogP contribution in [0.3, 0.4) is 0 Å². The lowest BCUT2D eigenvalue weighted by molar-refractivity contribution is 0.501. The predicted octanol–water partition coefficient (Wildman–Crippen LogP) is 3.91. The number of nitrogens with zero attached hydrogens (tertiary/aromatic N) is 1. The largest absolute Gasteiger partial charge is 0.309 e. The Morgan fingerprint density at radius 2 is 2.00 bits per heavy atom. The molecular formula is C15H15ClF2N2. The number of hydrogen-bond donors (Lipinski definition) is 1. The van der Waals surface area contributed by atoms with Crippen LogP contribution < -0.4 is 5.32 Å². The van der Waals surface area contributed by atoms with Gasteiger partial charge >= 0.3 is 0 Å². The summed E-state index contributed by atoms with van der Waals surface area (Å²) < 4.78 is 26.2. The number of likely N-dealkylation sites (N-methyl/N-ethyl adjacent to an activating group) is 1. The number of aromatic nitrogens is 1. The van der Waals surface area contributed by atoms with E-state index in [1.807, 2.05) is 13.0 Å². The van der Waals surface area contributed by atoms with Gasteiger partial charge in [0.05, 0.1) is 16.8 Å². The average Bonchev–Trinajstić information content (AvgIpc) is 2.43. The Morgan fingerprint density at radius 3 is 2.60 bits per heavy atom. The molecule has 20 heavy (non-hydrogen) atoms. The Bertz CT molecular complexity index is 573. The van der Waals surface area contributed by atoms with Crippen molar-refractivity contribution < 1.29 is 8.78 Å². The van der Waals surface area contributed by atoms with E-state index in [4.69, 9.17) is 11.6 Å². The van der Waals surface area contributed by atoms with E-state index in [9.17, 15) is 8.78 Å². The summed E-state index contributed by atoms with van der Waals surface area (Å²) in [5.41, 5.74) is 1.53. The first-order valence-electron chi connectivity index (χ1n) is 6.39. The number of nitrogens with one attached hydrogen (secondary N) is 1. The fourth-order valence-electron chi connectivity index (χ4n) is 2.02. The molecule has 0 fully saturated rings. The number of pyridine rings is 1. The van der Waals surface area contributed by atoms with Crippen molar-refractivity contribution in [2.75, 3.05) is 6.54 Å². The summed E-state index contributed by atoms with van der Waals surface area (Å²) >= 11 is 5.82. The maximum Gasteiger partial charge on any atom is 0.159 e. The van der Waals surface area contributed by atoms with Crippen LogP contribution in [0.1, 0.15) is 24.2 Å². The van der Waals surface area contributed by atoms with Gasteiger partial charge in [0.25, 0.3) is 0 Å². The van der Waals surface area contributed by atoms with Gasteiger partial charge in [0.1, 0.15) is 0 Å². The zero-order chi connectivity index (χ0) is 14.5. The number of hydrogen-bond acceptors (Lipinski definition) is 2. The summed E-state index contributed by atoms with van der Waals surface area (Å²) in [4.78, 5) is 4.27. The SMILES string of the molecule is CCNC(Cc1ccc(F)c(F)c1)c1ccc(Cl)cn1. The fourth-order valence-corrected chi connectivity index (χ4v) is 2.14. The number of rotatable bonds is 5. The molecule has 0 radical (unpaired) electrons. The van der Waals surface area contributed by atoms with Crippen LogP contribution in [-0.2, 0) is 6.42 Å². The Labute approximate surface area is 121 Å². The highest BCUT2D eigenvalue weighted by molar-refractivity contribution is 6.30. The first-order valence-corrected chi connectivity index (χ1v) is 6.76. The molecule has 1 aromatic heterocycles. The quantitative estimate of drug-likeness (QED) is 0.905. The molecule has 2 aromatic rings. The third-order valence-electron chi connectivity index (χ3n) is 2.98. The molecule has 0 saturated heterocycles. The zero-order valence-electron chi connectivity index (χ0n) is 11.0. The van der Waals surface area contributed by atoms with E-state index in [2.05, 4.69) is 10.3 Å². The van der Waals surface area contributed by atoms with Crippen molar-refractivity contribution in [2.45, 2.75) is 19.4 Å². The molecule has 0 amide bonds. The molecule has 0 aliphatic carbocycles. The second-order valence-electron chi connectivity index (χ2n) is 4.46. The molecule has 0 saturated carbocycles. The van der Waals surface area contributed by atoms with Gasteiger partial charge in [-0.2, -0.15) is 0 Å². The first kappa shape index (κ1) is 14.9. The van der Waals surface area contributed by atoms with Crippen molar-refractivity contribution in [3.8, 4) is 0 Å². The summed E-state index contributed by atoms with van der Waals surface area (Å²) in [7, 11) is 0. The predicted molar refractivity (Wildman–Crippen MR) is 75.7 cm³/mol. The standard InChI is InChI=1S/C15H15ClF2N2/c1-2-19-15(14-6-4-11(16)9-20-14)8-10-3-5-12(17)13(18)7-10/h3-7,9,15,19H,2,8H2,1H3. The van der Waals surface area contributed by atoms with E-state index in [1.165, 1.54) is 6.07 Å². The van der Waals surface area contributed by atoms with Gasteiger partial charge in [-0.25, -0.2) is 8.78 Å². The lowest BCUT2D eigenvalue weighted by Gasteiger charge is -2.17. The highest BCUT2D eigenvalue weighted by atomic mass is 35.5. The van der Waals surface area contributed by atoms with Gasteiger partial charge in [-0.15, -0.1) is 0 Å². The van der Waals surface area contributed by atoms with Gasteiger partial charge in [0, 0.05) is 6.20 Å². The van der Waals surface area contributed by atoms with Crippen LogP contribution in [0.15, 0.2) is 36.5 Å². The van der Waals surface area contributed by atoms with Crippen LogP contribution in [-0.4, -0.2) is 11.5 Å². The fraction of sp³-hybridized carbons (Fsp3) is 0.267. The Hall–Kier alpha value is -1.52. The van der Waals surface area contributed by atoms with Crippen molar-refractivity contribution in [1.82, 2.24) is 10.3 Å². The van der Waals surface area contributed by atoms with Gasteiger partial charge in [0.2, 0.25) is 0 Å². The highest BCUT2D eigenvalue weighted by Crippen LogP contribution is 2.19. The molecule has 0 aliphatic rings. The Morgan fingerprint density at radius 1 is 1.20 bits per heavy atom. The smallest absolute Gasteiger partial charge is 0.159 e. The zero-order valence-corrected chi connectivity index (χ0v) is 11.8.